The van der Waals surface area contributed by atoms with E-state index >= 15 is 0 Å². The number of nitrogens with zero attached hydrogens (tertiary/aromatic N) is 1. The number of piperidine rings is 1. The second-order valence-corrected chi connectivity index (χ2v) is 5.13. The third kappa shape index (κ3) is 2.21. The summed E-state index contributed by atoms with van der Waals surface area (Å²) in [5.74, 6) is 0.635. The highest BCUT2D eigenvalue weighted by Crippen LogP contribution is 2.30. The average molecular weight is 255 g/mol. The maximum atomic E-state index is 4.71. The number of para-hydroxylation sites is 1. The van der Waals surface area contributed by atoms with Gasteiger partial charge in [0.2, 0.25) is 0 Å². The summed E-state index contributed by atoms with van der Waals surface area (Å²) in [6, 6.07) is 8.41. The Labute approximate surface area is 105 Å². The maximum absolute atomic E-state index is 4.71. The first-order valence-corrected chi connectivity index (χ1v) is 6.31. The van der Waals surface area contributed by atoms with Crippen LogP contribution >= 0.6 is 23.7 Å². The van der Waals surface area contributed by atoms with Crippen molar-refractivity contribution < 1.29 is 0 Å². The molecule has 1 aliphatic rings. The summed E-state index contributed by atoms with van der Waals surface area (Å²) in [7, 11) is 0. The van der Waals surface area contributed by atoms with E-state index in [4.69, 9.17) is 4.98 Å². The van der Waals surface area contributed by atoms with Crippen LogP contribution in [0.15, 0.2) is 24.3 Å². The SMILES string of the molecule is Cl.c1ccc2sc(C3CCCNC3)nc2c1. The molecule has 1 atom stereocenters. The molecule has 0 aliphatic carbocycles. The summed E-state index contributed by atoms with van der Waals surface area (Å²) in [5, 5.41) is 4.75. The lowest BCUT2D eigenvalue weighted by Crippen LogP contribution is -2.28. The molecule has 0 bridgehead atoms. The number of hydrogen-bond acceptors (Lipinski definition) is 3. The molecule has 1 saturated heterocycles. The fraction of sp³-hybridized carbons (Fsp3) is 0.417. The van der Waals surface area contributed by atoms with Gasteiger partial charge in [-0.1, -0.05) is 12.1 Å². The first-order valence-electron chi connectivity index (χ1n) is 5.50. The van der Waals surface area contributed by atoms with Gasteiger partial charge in [0.05, 0.1) is 15.2 Å². The van der Waals surface area contributed by atoms with E-state index in [9.17, 15) is 0 Å². The first kappa shape index (κ1) is 11.8. The van der Waals surface area contributed by atoms with E-state index in [0.717, 1.165) is 12.1 Å². The zero-order chi connectivity index (χ0) is 10.1. The standard InChI is InChI=1S/C12H14N2S.ClH/c1-2-6-11-10(5-1)14-12(15-11)9-4-3-7-13-8-9;/h1-2,5-6,9,13H,3-4,7-8H2;1H. The van der Waals surface area contributed by atoms with Crippen LogP contribution in [0, 0.1) is 0 Å². The summed E-state index contributed by atoms with van der Waals surface area (Å²) in [4.78, 5) is 4.71. The number of benzene rings is 1. The zero-order valence-electron chi connectivity index (χ0n) is 8.98. The zero-order valence-corrected chi connectivity index (χ0v) is 10.6. The number of hydrogen-bond donors (Lipinski definition) is 1. The number of nitrogens with one attached hydrogen (secondary N) is 1. The number of halogens is 1. The lowest BCUT2D eigenvalue weighted by Gasteiger charge is -2.20. The van der Waals surface area contributed by atoms with Gasteiger partial charge in [-0.05, 0) is 31.5 Å². The Morgan fingerprint density at radius 2 is 2.19 bits per heavy atom. The van der Waals surface area contributed by atoms with Crippen molar-refractivity contribution in [2.45, 2.75) is 18.8 Å². The Kier molecular flexibility index (Phi) is 3.79. The van der Waals surface area contributed by atoms with E-state index in [1.165, 1.54) is 29.1 Å². The van der Waals surface area contributed by atoms with Crippen LogP contribution in [0.2, 0.25) is 0 Å². The molecule has 1 fully saturated rings. The largest absolute Gasteiger partial charge is 0.316 e. The molecule has 4 heteroatoms. The highest BCUT2D eigenvalue weighted by atomic mass is 35.5. The fourth-order valence-electron chi connectivity index (χ4n) is 2.13. The van der Waals surface area contributed by atoms with E-state index in [1.54, 1.807) is 0 Å². The maximum Gasteiger partial charge on any atom is 0.0982 e. The van der Waals surface area contributed by atoms with Crippen molar-refractivity contribution in [1.29, 1.82) is 0 Å². The van der Waals surface area contributed by atoms with Crippen molar-refractivity contribution in [2.75, 3.05) is 13.1 Å². The van der Waals surface area contributed by atoms with Crippen LogP contribution in [-0.2, 0) is 0 Å². The summed E-state index contributed by atoms with van der Waals surface area (Å²) in [6.45, 7) is 2.27. The molecule has 0 saturated carbocycles. The van der Waals surface area contributed by atoms with Gasteiger partial charge in [0.1, 0.15) is 0 Å². The van der Waals surface area contributed by atoms with Gasteiger partial charge in [0.15, 0.2) is 0 Å². The quantitative estimate of drug-likeness (QED) is 0.846. The Balaban J connectivity index is 0.000000963. The molecule has 3 rings (SSSR count). The molecule has 1 aromatic heterocycles. The van der Waals surface area contributed by atoms with Gasteiger partial charge in [-0.25, -0.2) is 4.98 Å². The summed E-state index contributed by atoms with van der Waals surface area (Å²) >= 11 is 1.85. The van der Waals surface area contributed by atoms with Crippen LogP contribution in [0.25, 0.3) is 10.2 Å². The van der Waals surface area contributed by atoms with E-state index < -0.39 is 0 Å². The van der Waals surface area contributed by atoms with Gasteiger partial charge in [-0.3, -0.25) is 0 Å². The van der Waals surface area contributed by atoms with E-state index in [-0.39, 0.29) is 12.4 Å². The van der Waals surface area contributed by atoms with Crippen LogP contribution in [-0.4, -0.2) is 18.1 Å². The molecule has 2 nitrogen and oxygen atoms in total. The minimum absolute atomic E-state index is 0. The Bertz CT molecular complexity index is 430. The third-order valence-electron chi connectivity index (χ3n) is 2.96. The van der Waals surface area contributed by atoms with E-state index in [2.05, 4.69) is 29.6 Å². The van der Waals surface area contributed by atoms with Crippen LogP contribution in [0.5, 0.6) is 0 Å². The molecule has 0 radical (unpaired) electrons. The second kappa shape index (κ2) is 5.13. The molecule has 0 amide bonds. The van der Waals surface area contributed by atoms with Gasteiger partial charge in [0, 0.05) is 12.5 Å². The van der Waals surface area contributed by atoms with Crippen molar-refractivity contribution >= 4 is 34.0 Å². The Morgan fingerprint density at radius 1 is 1.31 bits per heavy atom. The average Bonchev–Trinajstić information content (AvgIpc) is 2.74. The van der Waals surface area contributed by atoms with Gasteiger partial charge < -0.3 is 5.32 Å². The van der Waals surface area contributed by atoms with Gasteiger partial charge in [-0.2, -0.15) is 0 Å². The summed E-state index contributed by atoms with van der Waals surface area (Å²) in [5.41, 5.74) is 1.16. The van der Waals surface area contributed by atoms with Crippen molar-refractivity contribution in [2.24, 2.45) is 0 Å². The Hall–Kier alpha value is -0.640. The first-order chi connectivity index (χ1) is 7.43. The molecular formula is C12H15ClN2S. The fourth-order valence-corrected chi connectivity index (χ4v) is 3.23. The van der Waals surface area contributed by atoms with Gasteiger partial charge >= 0.3 is 0 Å². The van der Waals surface area contributed by atoms with Crippen molar-refractivity contribution in [3.63, 3.8) is 0 Å². The summed E-state index contributed by atoms with van der Waals surface area (Å²) < 4.78 is 1.32. The number of rotatable bonds is 1. The minimum Gasteiger partial charge on any atom is -0.316 e. The number of aromatic nitrogens is 1. The Morgan fingerprint density at radius 3 is 2.94 bits per heavy atom. The molecule has 86 valence electrons. The lowest BCUT2D eigenvalue weighted by molar-refractivity contribution is 0.461. The van der Waals surface area contributed by atoms with Crippen molar-refractivity contribution in [1.82, 2.24) is 10.3 Å². The number of fused-ring (bicyclic) bond motifs is 1. The topological polar surface area (TPSA) is 24.9 Å². The smallest absolute Gasteiger partial charge is 0.0982 e. The molecule has 1 N–H and O–H groups in total. The molecule has 1 unspecified atom stereocenters. The lowest BCUT2D eigenvalue weighted by atomic mass is 10.0. The molecule has 2 heterocycles. The van der Waals surface area contributed by atoms with Crippen LogP contribution in [0.1, 0.15) is 23.8 Å². The van der Waals surface area contributed by atoms with Crippen molar-refractivity contribution in [3.05, 3.63) is 29.3 Å². The predicted molar refractivity (Wildman–Crippen MR) is 71.7 cm³/mol. The molecule has 1 aliphatic heterocycles. The monoisotopic (exact) mass is 254 g/mol. The highest BCUT2D eigenvalue weighted by Gasteiger charge is 2.18. The van der Waals surface area contributed by atoms with Crippen LogP contribution in [0.3, 0.4) is 0 Å². The van der Waals surface area contributed by atoms with E-state index in [0.29, 0.717) is 5.92 Å². The normalized spacial score (nSPS) is 20.6. The molecule has 2 aromatic rings. The van der Waals surface area contributed by atoms with Gasteiger partial charge in [0.25, 0.3) is 0 Å². The molecule has 16 heavy (non-hydrogen) atoms. The highest BCUT2D eigenvalue weighted by molar-refractivity contribution is 7.18. The van der Waals surface area contributed by atoms with Gasteiger partial charge in [-0.15, -0.1) is 23.7 Å². The number of thiazole rings is 1. The van der Waals surface area contributed by atoms with E-state index in [1.807, 2.05) is 11.3 Å². The molecule has 1 aromatic carbocycles. The van der Waals surface area contributed by atoms with Crippen LogP contribution < -0.4 is 5.32 Å². The molecule has 0 spiro atoms. The van der Waals surface area contributed by atoms with Crippen molar-refractivity contribution in [3.8, 4) is 0 Å². The minimum atomic E-state index is 0. The van der Waals surface area contributed by atoms with Crippen LogP contribution in [0.4, 0.5) is 0 Å². The third-order valence-corrected chi connectivity index (χ3v) is 4.16. The second-order valence-electron chi connectivity index (χ2n) is 4.06. The predicted octanol–water partition coefficient (Wildman–Crippen LogP) is 3.19. The summed E-state index contributed by atoms with van der Waals surface area (Å²) in [6.07, 6.45) is 2.56. The molecular weight excluding hydrogens is 240 g/mol.